The van der Waals surface area contributed by atoms with Crippen LogP contribution in [0.1, 0.15) is 111 Å². The Kier molecular flexibility index (Phi) is 14.4. The third-order valence-electron chi connectivity index (χ3n) is 8.60. The van der Waals surface area contributed by atoms with Crippen LogP contribution >= 0.6 is 0 Å². The summed E-state index contributed by atoms with van der Waals surface area (Å²) in [6, 6.07) is 0. The van der Waals surface area contributed by atoms with Gasteiger partial charge in [0.1, 0.15) is 5.78 Å². The van der Waals surface area contributed by atoms with Crippen LogP contribution in [-0.2, 0) is 33.3 Å². The number of esters is 1. The summed E-state index contributed by atoms with van der Waals surface area (Å²) in [5, 5.41) is 0. The molecule has 0 radical (unpaired) electrons. The molecule has 2 aliphatic heterocycles. The van der Waals surface area contributed by atoms with E-state index in [1.165, 1.54) is 7.11 Å². The first-order chi connectivity index (χ1) is 19.3. The predicted molar refractivity (Wildman–Crippen MR) is 156 cm³/mol. The third-order valence-corrected chi connectivity index (χ3v) is 8.60. The zero-order chi connectivity index (χ0) is 28.8. The normalized spacial score (nSPS) is 28.9. The minimum absolute atomic E-state index is 0.0434. The number of allylic oxidation sites excluding steroid dienone is 2. The van der Waals surface area contributed by atoms with Crippen molar-refractivity contribution < 1.29 is 33.3 Å². The fourth-order valence-electron chi connectivity index (χ4n) is 5.96. The first kappa shape index (κ1) is 33.0. The van der Waals surface area contributed by atoms with Crippen molar-refractivity contribution in [2.45, 2.75) is 135 Å². The molecule has 0 N–H and O–H groups in total. The molecular formula is C33H54O7. The molecule has 2 heterocycles. The predicted octanol–water partition coefficient (Wildman–Crippen LogP) is 7.08. The van der Waals surface area contributed by atoms with Gasteiger partial charge in [0.15, 0.2) is 12.6 Å². The van der Waals surface area contributed by atoms with Gasteiger partial charge in [0, 0.05) is 37.9 Å². The Morgan fingerprint density at radius 2 is 1.77 bits per heavy atom. The van der Waals surface area contributed by atoms with Crippen molar-refractivity contribution in [3.8, 4) is 0 Å². The van der Waals surface area contributed by atoms with E-state index in [0.29, 0.717) is 25.9 Å². The molecule has 7 nitrogen and oxygen atoms in total. The van der Waals surface area contributed by atoms with Crippen molar-refractivity contribution in [2.75, 3.05) is 20.3 Å². The number of carbonyl (C=O) groups is 2. The van der Waals surface area contributed by atoms with E-state index in [9.17, 15) is 9.59 Å². The number of ketones is 1. The van der Waals surface area contributed by atoms with E-state index in [0.717, 1.165) is 77.2 Å². The highest BCUT2D eigenvalue weighted by Crippen LogP contribution is 2.39. The summed E-state index contributed by atoms with van der Waals surface area (Å²) >= 11 is 0. The van der Waals surface area contributed by atoms with Gasteiger partial charge in [0.25, 0.3) is 0 Å². The second kappa shape index (κ2) is 17.4. The maximum atomic E-state index is 13.3. The summed E-state index contributed by atoms with van der Waals surface area (Å²) in [4.78, 5) is 24.7. The molecule has 3 fully saturated rings. The SMILES string of the molecule is CCCCC(C)(C)[C@@H](C=C[C@H]1[C@H](OC2CCCCO2)CC(=O)[C@@H]1CC=CCCCC(=O)OC)OC1CCCCO1. The molecule has 2 saturated heterocycles. The molecule has 0 spiro atoms. The second-order valence-electron chi connectivity index (χ2n) is 12.3. The number of hydrogen-bond acceptors (Lipinski definition) is 7. The lowest BCUT2D eigenvalue weighted by molar-refractivity contribution is -0.198. The summed E-state index contributed by atoms with van der Waals surface area (Å²) in [6.07, 6.45) is 20.3. The van der Waals surface area contributed by atoms with Crippen LogP contribution in [-0.4, -0.2) is 56.9 Å². The maximum Gasteiger partial charge on any atom is 0.305 e. The molecule has 228 valence electrons. The molecule has 1 saturated carbocycles. The molecule has 0 amide bonds. The Morgan fingerprint density at radius 1 is 1.05 bits per heavy atom. The monoisotopic (exact) mass is 562 g/mol. The van der Waals surface area contributed by atoms with Crippen molar-refractivity contribution in [3.05, 3.63) is 24.3 Å². The van der Waals surface area contributed by atoms with Gasteiger partial charge in [-0.3, -0.25) is 9.59 Å². The van der Waals surface area contributed by atoms with Gasteiger partial charge in [-0.1, -0.05) is 57.9 Å². The Hall–Kier alpha value is -1.54. The van der Waals surface area contributed by atoms with Crippen LogP contribution in [0.15, 0.2) is 24.3 Å². The number of rotatable bonds is 16. The molecule has 3 aliphatic rings. The number of carbonyl (C=O) groups excluding carboxylic acids is 2. The summed E-state index contributed by atoms with van der Waals surface area (Å²) in [6.45, 7) is 8.24. The van der Waals surface area contributed by atoms with Crippen LogP contribution in [0.25, 0.3) is 0 Å². The van der Waals surface area contributed by atoms with Crippen LogP contribution in [0.3, 0.4) is 0 Å². The van der Waals surface area contributed by atoms with Crippen LogP contribution in [0.5, 0.6) is 0 Å². The van der Waals surface area contributed by atoms with Crippen LogP contribution < -0.4 is 0 Å². The summed E-state index contributed by atoms with van der Waals surface area (Å²) in [5.74, 6) is -0.134. The van der Waals surface area contributed by atoms with Gasteiger partial charge < -0.3 is 23.7 Å². The molecular weight excluding hydrogens is 508 g/mol. The topological polar surface area (TPSA) is 80.3 Å². The van der Waals surface area contributed by atoms with E-state index < -0.39 is 0 Å². The summed E-state index contributed by atoms with van der Waals surface area (Å²) < 4.78 is 29.6. The smallest absolute Gasteiger partial charge is 0.305 e. The van der Waals surface area contributed by atoms with Crippen molar-refractivity contribution in [3.63, 3.8) is 0 Å². The number of hydrogen-bond donors (Lipinski definition) is 0. The molecule has 6 atom stereocenters. The van der Waals surface area contributed by atoms with E-state index in [1.807, 2.05) is 0 Å². The van der Waals surface area contributed by atoms with E-state index in [4.69, 9.17) is 23.7 Å². The van der Waals surface area contributed by atoms with Crippen molar-refractivity contribution in [1.29, 1.82) is 0 Å². The first-order valence-electron chi connectivity index (χ1n) is 15.8. The van der Waals surface area contributed by atoms with E-state index in [1.54, 1.807) is 0 Å². The second-order valence-corrected chi connectivity index (χ2v) is 12.3. The average Bonchev–Trinajstić information content (AvgIpc) is 3.25. The maximum absolute atomic E-state index is 13.3. The Labute approximate surface area is 242 Å². The fourth-order valence-corrected chi connectivity index (χ4v) is 5.96. The summed E-state index contributed by atoms with van der Waals surface area (Å²) in [7, 11) is 1.41. The number of methoxy groups -OCH3 is 1. The number of Topliss-reactive ketones (excluding diaryl/α,β-unsaturated/α-hetero) is 1. The quantitative estimate of drug-likeness (QED) is 0.113. The van der Waals surface area contributed by atoms with Crippen molar-refractivity contribution in [2.24, 2.45) is 17.3 Å². The van der Waals surface area contributed by atoms with Gasteiger partial charge in [0.2, 0.25) is 0 Å². The van der Waals surface area contributed by atoms with Gasteiger partial charge in [-0.05, 0) is 69.6 Å². The lowest BCUT2D eigenvalue weighted by Crippen LogP contribution is -2.37. The molecule has 0 aromatic heterocycles. The summed E-state index contributed by atoms with van der Waals surface area (Å²) in [5.41, 5.74) is -0.0617. The van der Waals surface area contributed by atoms with Gasteiger partial charge in [-0.2, -0.15) is 0 Å². The standard InChI is InChI=1S/C33H54O7/c1-5-6-21-33(2,3)29(40-32-18-12-14-23-38-32)20-19-26-25(15-9-7-8-10-16-30(35)36-4)27(34)24-28(26)39-31-17-11-13-22-37-31/h7,9,19-20,25-26,28-29,31-32H,5-6,8,10-18,21-24H2,1-4H3/t25-,26-,28-,29-,31?,32?/m1/s1. The minimum Gasteiger partial charge on any atom is -0.469 e. The number of ether oxygens (including phenoxy) is 5. The molecule has 0 bridgehead atoms. The number of unbranched alkanes of at least 4 members (excludes halogenated alkanes) is 2. The molecule has 2 unspecified atom stereocenters. The van der Waals surface area contributed by atoms with E-state index in [2.05, 4.69) is 45.1 Å². The highest BCUT2D eigenvalue weighted by Gasteiger charge is 2.43. The lowest BCUT2D eigenvalue weighted by Gasteiger charge is -2.36. The zero-order valence-electron chi connectivity index (χ0n) is 25.4. The third kappa shape index (κ3) is 10.7. The van der Waals surface area contributed by atoms with Gasteiger partial charge in [-0.15, -0.1) is 0 Å². The van der Waals surface area contributed by atoms with E-state index in [-0.39, 0.29) is 53.8 Å². The van der Waals surface area contributed by atoms with Gasteiger partial charge >= 0.3 is 5.97 Å². The molecule has 0 aromatic rings. The Balaban J connectivity index is 1.74. The van der Waals surface area contributed by atoms with Gasteiger partial charge in [-0.25, -0.2) is 0 Å². The van der Waals surface area contributed by atoms with Crippen molar-refractivity contribution in [1.82, 2.24) is 0 Å². The molecule has 0 aromatic carbocycles. The Morgan fingerprint density at radius 3 is 2.42 bits per heavy atom. The van der Waals surface area contributed by atoms with Crippen molar-refractivity contribution >= 4 is 11.8 Å². The highest BCUT2D eigenvalue weighted by atomic mass is 16.7. The fraction of sp³-hybridized carbons (Fsp3) is 0.818. The lowest BCUT2D eigenvalue weighted by atomic mass is 9.80. The first-order valence-corrected chi connectivity index (χ1v) is 15.8. The van der Waals surface area contributed by atoms with Gasteiger partial charge in [0.05, 0.1) is 19.3 Å². The van der Waals surface area contributed by atoms with Crippen LogP contribution in [0, 0.1) is 17.3 Å². The zero-order valence-corrected chi connectivity index (χ0v) is 25.4. The minimum atomic E-state index is -0.237. The van der Waals surface area contributed by atoms with Crippen LogP contribution in [0.4, 0.5) is 0 Å². The largest absolute Gasteiger partial charge is 0.469 e. The van der Waals surface area contributed by atoms with Crippen LogP contribution in [0.2, 0.25) is 0 Å². The highest BCUT2D eigenvalue weighted by molar-refractivity contribution is 5.85. The Bertz CT molecular complexity index is 808. The van der Waals surface area contributed by atoms with E-state index >= 15 is 0 Å². The molecule has 40 heavy (non-hydrogen) atoms. The molecule has 7 heteroatoms. The average molecular weight is 563 g/mol. The molecule has 3 rings (SSSR count). The molecule has 1 aliphatic carbocycles.